The number of pyridine rings is 1. The number of nitrogens with zero attached hydrogens (tertiary/aromatic N) is 2. The first-order valence-corrected chi connectivity index (χ1v) is 8.21. The van der Waals surface area contributed by atoms with Crippen LogP contribution in [-0.4, -0.2) is 17.2 Å². The zero-order valence-corrected chi connectivity index (χ0v) is 14.4. The van der Waals surface area contributed by atoms with Crippen LogP contribution in [0.25, 0.3) is 11.3 Å². The van der Waals surface area contributed by atoms with Gasteiger partial charge in [0.15, 0.2) is 0 Å². The van der Waals surface area contributed by atoms with Crippen molar-refractivity contribution in [3.05, 3.63) is 52.7 Å². The molecule has 0 aliphatic carbocycles. The third-order valence-electron chi connectivity index (χ3n) is 4.13. The van der Waals surface area contributed by atoms with Crippen LogP contribution in [0.4, 0.5) is 0 Å². The quantitative estimate of drug-likeness (QED) is 0.711. The Labute approximate surface area is 134 Å². The van der Waals surface area contributed by atoms with E-state index in [0.717, 1.165) is 42.0 Å². The van der Waals surface area contributed by atoms with Crippen molar-refractivity contribution in [1.82, 2.24) is 4.98 Å². The molecule has 0 radical (unpaired) electrons. The first-order chi connectivity index (χ1) is 10.6. The summed E-state index contributed by atoms with van der Waals surface area (Å²) in [5.41, 5.74) is 8.36. The van der Waals surface area contributed by atoms with Crippen LogP contribution in [0.3, 0.4) is 0 Å². The van der Waals surface area contributed by atoms with Gasteiger partial charge in [-0.1, -0.05) is 26.0 Å². The van der Waals surface area contributed by atoms with E-state index in [9.17, 15) is 0 Å². The highest BCUT2D eigenvalue weighted by atomic mass is 14.7. The molecule has 1 aromatic carbocycles. The van der Waals surface area contributed by atoms with Crippen molar-refractivity contribution in [2.45, 2.75) is 47.5 Å². The van der Waals surface area contributed by atoms with Crippen molar-refractivity contribution in [2.75, 3.05) is 6.54 Å². The van der Waals surface area contributed by atoms with Gasteiger partial charge in [-0.2, -0.15) is 0 Å². The summed E-state index contributed by atoms with van der Waals surface area (Å²) in [6.07, 6.45) is 2.15. The van der Waals surface area contributed by atoms with Crippen LogP contribution < -0.4 is 0 Å². The topological polar surface area (TPSA) is 25.2 Å². The maximum Gasteiger partial charge on any atom is 0.0705 e. The predicted molar refractivity (Wildman–Crippen MR) is 95.9 cm³/mol. The third kappa shape index (κ3) is 3.44. The molecule has 0 saturated heterocycles. The van der Waals surface area contributed by atoms with Crippen LogP contribution in [0.2, 0.25) is 0 Å². The average molecular weight is 294 g/mol. The zero-order valence-electron chi connectivity index (χ0n) is 14.4. The minimum absolute atomic E-state index is 0.811. The number of benzene rings is 1. The normalized spacial score (nSPS) is 11.8. The summed E-state index contributed by atoms with van der Waals surface area (Å²) >= 11 is 0. The fraction of sp³-hybridized carbons (Fsp3) is 0.400. The van der Waals surface area contributed by atoms with Gasteiger partial charge in [0.1, 0.15) is 0 Å². The highest BCUT2D eigenvalue weighted by Gasteiger charge is 2.08. The number of aryl methyl sites for hydroxylation is 3. The van der Waals surface area contributed by atoms with Gasteiger partial charge in [-0.05, 0) is 62.9 Å². The second-order valence-corrected chi connectivity index (χ2v) is 5.58. The molecule has 0 spiro atoms. The monoisotopic (exact) mass is 294 g/mol. The fourth-order valence-electron chi connectivity index (χ4n) is 2.89. The highest BCUT2D eigenvalue weighted by Crippen LogP contribution is 2.23. The molecule has 0 unspecified atom stereocenters. The van der Waals surface area contributed by atoms with Crippen LogP contribution in [-0.2, 0) is 12.8 Å². The Bertz CT molecular complexity index is 684. The van der Waals surface area contributed by atoms with E-state index >= 15 is 0 Å². The molecule has 1 heterocycles. The molecular formula is C20H26N2. The number of hydrogen-bond acceptors (Lipinski definition) is 2. The summed E-state index contributed by atoms with van der Waals surface area (Å²) in [5, 5.41) is 0. The number of hydrogen-bond donors (Lipinski definition) is 0. The lowest BCUT2D eigenvalue weighted by atomic mass is 9.98. The van der Waals surface area contributed by atoms with E-state index in [1.165, 1.54) is 16.7 Å². The van der Waals surface area contributed by atoms with E-state index in [2.05, 4.69) is 69.9 Å². The SMILES string of the molecule is CC/N=C(/C)c1ccc(-c2ccc(CC)c(CC)c2)nc1C. The van der Waals surface area contributed by atoms with Crippen LogP contribution in [0.15, 0.2) is 35.3 Å². The molecular weight excluding hydrogens is 268 g/mol. The van der Waals surface area contributed by atoms with Gasteiger partial charge in [0.05, 0.1) is 5.69 Å². The highest BCUT2D eigenvalue weighted by molar-refractivity contribution is 5.99. The van der Waals surface area contributed by atoms with Crippen molar-refractivity contribution in [3.63, 3.8) is 0 Å². The summed E-state index contributed by atoms with van der Waals surface area (Å²) in [4.78, 5) is 9.28. The first kappa shape index (κ1) is 16.4. The fourth-order valence-corrected chi connectivity index (χ4v) is 2.89. The van der Waals surface area contributed by atoms with E-state index < -0.39 is 0 Å². The lowest BCUT2D eigenvalue weighted by Crippen LogP contribution is -2.02. The maximum atomic E-state index is 4.80. The van der Waals surface area contributed by atoms with Gasteiger partial charge in [-0.25, -0.2) is 0 Å². The van der Waals surface area contributed by atoms with Gasteiger partial charge >= 0.3 is 0 Å². The lowest BCUT2D eigenvalue weighted by molar-refractivity contribution is 1.04. The largest absolute Gasteiger partial charge is 0.290 e. The van der Waals surface area contributed by atoms with Crippen LogP contribution in [0, 0.1) is 6.92 Å². The molecule has 1 aromatic heterocycles. The smallest absolute Gasteiger partial charge is 0.0705 e. The molecule has 0 bridgehead atoms. The van der Waals surface area contributed by atoms with E-state index in [-0.39, 0.29) is 0 Å². The Hall–Kier alpha value is -1.96. The molecule has 0 atom stereocenters. The molecule has 2 nitrogen and oxygen atoms in total. The van der Waals surface area contributed by atoms with Crippen molar-refractivity contribution in [3.8, 4) is 11.3 Å². The second kappa shape index (κ2) is 7.35. The summed E-state index contributed by atoms with van der Waals surface area (Å²) in [5.74, 6) is 0. The Morgan fingerprint density at radius 3 is 2.32 bits per heavy atom. The summed E-state index contributed by atoms with van der Waals surface area (Å²) in [6.45, 7) is 11.4. The first-order valence-electron chi connectivity index (χ1n) is 8.21. The van der Waals surface area contributed by atoms with E-state index in [1.54, 1.807) is 0 Å². The Morgan fingerprint density at radius 1 is 1.00 bits per heavy atom. The molecule has 0 aliphatic heterocycles. The number of aliphatic imine (C=N–C) groups is 1. The Kier molecular flexibility index (Phi) is 5.48. The Balaban J connectivity index is 2.42. The molecule has 0 fully saturated rings. The molecule has 22 heavy (non-hydrogen) atoms. The van der Waals surface area contributed by atoms with Crippen molar-refractivity contribution in [2.24, 2.45) is 4.99 Å². The van der Waals surface area contributed by atoms with E-state index in [1.807, 2.05) is 0 Å². The van der Waals surface area contributed by atoms with Crippen LogP contribution in [0.1, 0.15) is 50.1 Å². The van der Waals surface area contributed by atoms with Gasteiger partial charge in [-0.3, -0.25) is 9.98 Å². The van der Waals surface area contributed by atoms with E-state index in [0.29, 0.717) is 0 Å². The predicted octanol–water partition coefficient (Wildman–Crippen LogP) is 5.01. The van der Waals surface area contributed by atoms with Gasteiger partial charge in [-0.15, -0.1) is 0 Å². The molecule has 0 N–H and O–H groups in total. The van der Waals surface area contributed by atoms with Gasteiger partial charge in [0.2, 0.25) is 0 Å². The third-order valence-corrected chi connectivity index (χ3v) is 4.13. The Morgan fingerprint density at radius 2 is 1.73 bits per heavy atom. The molecule has 2 heteroatoms. The molecule has 116 valence electrons. The number of aromatic nitrogens is 1. The molecule has 0 saturated carbocycles. The van der Waals surface area contributed by atoms with Crippen molar-refractivity contribution in [1.29, 1.82) is 0 Å². The van der Waals surface area contributed by atoms with Crippen LogP contribution in [0.5, 0.6) is 0 Å². The zero-order chi connectivity index (χ0) is 16.1. The average Bonchev–Trinajstić information content (AvgIpc) is 2.54. The van der Waals surface area contributed by atoms with Gasteiger partial charge in [0.25, 0.3) is 0 Å². The van der Waals surface area contributed by atoms with Gasteiger partial charge < -0.3 is 0 Å². The summed E-state index contributed by atoms with van der Waals surface area (Å²) in [7, 11) is 0. The lowest BCUT2D eigenvalue weighted by Gasteiger charge is -2.11. The standard InChI is InChI=1S/C20H26N2/c1-6-16-9-10-18(13-17(16)7-2)20-12-11-19(15(5)22-20)14(4)21-8-3/h9-13H,6-8H2,1-5H3/b21-14-. The minimum Gasteiger partial charge on any atom is -0.290 e. The molecule has 2 rings (SSSR count). The molecule has 0 amide bonds. The van der Waals surface area contributed by atoms with Crippen molar-refractivity contribution < 1.29 is 0 Å². The minimum atomic E-state index is 0.811. The molecule has 2 aromatic rings. The van der Waals surface area contributed by atoms with Crippen LogP contribution >= 0.6 is 0 Å². The summed E-state index contributed by atoms with van der Waals surface area (Å²) in [6, 6.07) is 11.0. The maximum absolute atomic E-state index is 4.80. The summed E-state index contributed by atoms with van der Waals surface area (Å²) < 4.78 is 0. The van der Waals surface area contributed by atoms with Crippen molar-refractivity contribution >= 4 is 5.71 Å². The number of rotatable bonds is 5. The molecule has 0 aliphatic rings. The second-order valence-electron chi connectivity index (χ2n) is 5.58. The van der Waals surface area contributed by atoms with Gasteiger partial charge in [0, 0.05) is 29.1 Å². The van der Waals surface area contributed by atoms with E-state index in [4.69, 9.17) is 4.98 Å².